The molecule has 0 amide bonds. The molecule has 5 nitrogen and oxygen atoms in total. The molecule has 1 unspecified atom stereocenters. The number of unbranched alkanes of at least 4 members (excludes halogenated alkanes) is 47. The Kier molecular flexibility index (Phi) is 56.8. The molecule has 0 aromatic rings. The summed E-state index contributed by atoms with van der Waals surface area (Å²) < 4.78 is 10.7. The lowest BCUT2D eigenvalue weighted by atomic mass is 10.0. The summed E-state index contributed by atoms with van der Waals surface area (Å²) in [7, 11) is 0. The van der Waals surface area contributed by atoms with Crippen molar-refractivity contribution in [2.45, 2.75) is 354 Å². The van der Waals surface area contributed by atoms with Crippen LogP contribution in [-0.2, 0) is 19.1 Å². The first kappa shape index (κ1) is 64.6. The first-order valence-corrected chi connectivity index (χ1v) is 30.2. The highest BCUT2D eigenvalue weighted by molar-refractivity contribution is 5.70. The van der Waals surface area contributed by atoms with Crippen molar-refractivity contribution in [1.29, 1.82) is 0 Å². The zero-order valence-corrected chi connectivity index (χ0v) is 45.0. The largest absolute Gasteiger partial charge is 0.462 e. The molecule has 0 rings (SSSR count). The van der Waals surface area contributed by atoms with Crippen molar-refractivity contribution in [2.24, 2.45) is 0 Å². The van der Waals surface area contributed by atoms with Gasteiger partial charge in [-0.05, 0) is 38.5 Å². The third-order valence-electron chi connectivity index (χ3n) is 14.1. The molecule has 0 bridgehead atoms. The van der Waals surface area contributed by atoms with E-state index >= 15 is 0 Å². The number of hydrogen-bond acceptors (Lipinski definition) is 5. The minimum Gasteiger partial charge on any atom is -0.462 e. The van der Waals surface area contributed by atoms with E-state index in [0.29, 0.717) is 12.8 Å². The van der Waals surface area contributed by atoms with Crippen molar-refractivity contribution in [3.05, 3.63) is 12.2 Å². The van der Waals surface area contributed by atoms with Crippen molar-refractivity contribution in [2.75, 3.05) is 13.2 Å². The lowest BCUT2D eigenvalue weighted by Gasteiger charge is -2.15. The summed E-state index contributed by atoms with van der Waals surface area (Å²) in [5.74, 6) is -0.565. The van der Waals surface area contributed by atoms with Crippen LogP contribution < -0.4 is 0 Å². The van der Waals surface area contributed by atoms with E-state index in [4.69, 9.17) is 9.47 Å². The normalized spacial score (nSPS) is 12.1. The Hall–Kier alpha value is -1.36. The van der Waals surface area contributed by atoms with E-state index in [1.807, 2.05) is 0 Å². The second-order valence-electron chi connectivity index (χ2n) is 20.8. The Morgan fingerprint density at radius 1 is 0.333 bits per heavy atom. The molecular weight excluding hydrogens is 813 g/mol. The number of hydrogen-bond donors (Lipinski definition) is 1. The molecule has 0 saturated heterocycles. The smallest absolute Gasteiger partial charge is 0.306 e. The lowest BCUT2D eigenvalue weighted by molar-refractivity contribution is -0.161. The zero-order chi connectivity index (χ0) is 47.7. The molecule has 5 heteroatoms. The summed E-state index contributed by atoms with van der Waals surface area (Å²) in [4.78, 5) is 24.5. The number of rotatable bonds is 57. The number of carbonyl (C=O) groups excluding carboxylic acids is 2. The third kappa shape index (κ3) is 55.2. The summed E-state index contributed by atoms with van der Waals surface area (Å²) >= 11 is 0. The van der Waals surface area contributed by atoms with Crippen LogP contribution >= 0.6 is 0 Å². The van der Waals surface area contributed by atoms with Crippen LogP contribution in [0.3, 0.4) is 0 Å². The number of aliphatic hydroxyl groups is 1. The van der Waals surface area contributed by atoms with Gasteiger partial charge in [0.05, 0.1) is 6.61 Å². The zero-order valence-electron chi connectivity index (χ0n) is 45.0. The number of aliphatic hydroxyl groups excluding tert-OH is 1. The Morgan fingerprint density at radius 2 is 0.561 bits per heavy atom. The molecule has 392 valence electrons. The minimum absolute atomic E-state index is 0.0572. The second-order valence-corrected chi connectivity index (χ2v) is 20.8. The quantitative estimate of drug-likeness (QED) is 0.0374. The van der Waals surface area contributed by atoms with Gasteiger partial charge in [-0.25, -0.2) is 0 Å². The number of ether oxygens (including phenoxy) is 2. The maximum Gasteiger partial charge on any atom is 0.306 e. The van der Waals surface area contributed by atoms with Crippen molar-refractivity contribution < 1.29 is 24.2 Å². The predicted octanol–water partition coefficient (Wildman–Crippen LogP) is 20.3. The topological polar surface area (TPSA) is 72.8 Å². The van der Waals surface area contributed by atoms with Gasteiger partial charge >= 0.3 is 11.9 Å². The van der Waals surface area contributed by atoms with Gasteiger partial charge in [0.25, 0.3) is 0 Å². The minimum atomic E-state index is -0.766. The summed E-state index contributed by atoms with van der Waals surface area (Å²) in [6.45, 7) is 4.21. The van der Waals surface area contributed by atoms with Gasteiger partial charge < -0.3 is 14.6 Å². The van der Waals surface area contributed by atoms with E-state index < -0.39 is 6.10 Å². The molecule has 0 heterocycles. The standard InChI is InChI=1S/C61H118O5/c1-3-5-7-9-11-13-15-17-19-21-23-25-27-28-29-30-31-32-34-36-38-40-42-44-46-48-50-52-54-56-61(64)66-59(57-62)58-65-60(63)55-53-51-49-47-45-43-41-39-37-35-33-26-24-22-20-18-16-14-12-10-8-6-4-2/h21,23,59,62H,3-20,22,24-58H2,1-2H3/b23-21-. The van der Waals surface area contributed by atoms with E-state index in [1.54, 1.807) is 0 Å². The van der Waals surface area contributed by atoms with Crippen LogP contribution in [0, 0.1) is 0 Å². The maximum atomic E-state index is 12.3. The summed E-state index contributed by atoms with van der Waals surface area (Å²) in [6.07, 6.45) is 72.1. The highest BCUT2D eigenvalue weighted by Gasteiger charge is 2.16. The Labute approximate surface area is 413 Å². The molecule has 0 radical (unpaired) electrons. The first-order chi connectivity index (χ1) is 32.6. The molecular formula is C61H118O5. The van der Waals surface area contributed by atoms with Crippen molar-refractivity contribution >= 4 is 11.9 Å². The van der Waals surface area contributed by atoms with Gasteiger partial charge in [0.2, 0.25) is 0 Å². The van der Waals surface area contributed by atoms with E-state index in [0.717, 1.165) is 32.1 Å². The fraction of sp³-hybridized carbons (Fsp3) is 0.934. The van der Waals surface area contributed by atoms with Gasteiger partial charge in [0.1, 0.15) is 6.61 Å². The van der Waals surface area contributed by atoms with Crippen LogP contribution in [0.5, 0.6) is 0 Å². The van der Waals surface area contributed by atoms with Crippen molar-refractivity contribution in [3.8, 4) is 0 Å². The van der Waals surface area contributed by atoms with Crippen LogP contribution in [0.1, 0.15) is 348 Å². The van der Waals surface area contributed by atoms with Gasteiger partial charge in [-0.2, -0.15) is 0 Å². The first-order valence-electron chi connectivity index (χ1n) is 30.2. The molecule has 0 aliphatic rings. The van der Waals surface area contributed by atoms with Crippen molar-refractivity contribution in [1.82, 2.24) is 0 Å². The molecule has 66 heavy (non-hydrogen) atoms. The van der Waals surface area contributed by atoms with Crippen LogP contribution in [0.4, 0.5) is 0 Å². The molecule has 1 atom stereocenters. The predicted molar refractivity (Wildman–Crippen MR) is 288 cm³/mol. The summed E-state index contributed by atoms with van der Waals surface area (Å²) in [5.41, 5.74) is 0. The highest BCUT2D eigenvalue weighted by atomic mass is 16.6. The third-order valence-corrected chi connectivity index (χ3v) is 14.1. The molecule has 0 aromatic heterocycles. The van der Waals surface area contributed by atoms with E-state index in [-0.39, 0.29) is 25.2 Å². The summed E-state index contributed by atoms with van der Waals surface area (Å²) in [5, 5.41) is 9.66. The summed E-state index contributed by atoms with van der Waals surface area (Å²) in [6, 6.07) is 0. The highest BCUT2D eigenvalue weighted by Crippen LogP contribution is 2.18. The fourth-order valence-electron chi connectivity index (χ4n) is 9.50. The molecule has 0 aliphatic heterocycles. The Morgan fingerprint density at radius 3 is 0.818 bits per heavy atom. The van der Waals surface area contributed by atoms with Crippen LogP contribution in [0.15, 0.2) is 12.2 Å². The van der Waals surface area contributed by atoms with Crippen molar-refractivity contribution in [3.63, 3.8) is 0 Å². The van der Waals surface area contributed by atoms with Gasteiger partial charge in [-0.15, -0.1) is 0 Å². The molecule has 0 aromatic carbocycles. The lowest BCUT2D eigenvalue weighted by Crippen LogP contribution is -2.28. The molecule has 0 aliphatic carbocycles. The van der Waals surface area contributed by atoms with Crippen LogP contribution in [-0.4, -0.2) is 36.4 Å². The van der Waals surface area contributed by atoms with E-state index in [9.17, 15) is 14.7 Å². The van der Waals surface area contributed by atoms with Gasteiger partial charge in [-0.3, -0.25) is 9.59 Å². The monoisotopic (exact) mass is 931 g/mol. The Bertz CT molecular complexity index is 963. The molecule has 0 spiro atoms. The van der Waals surface area contributed by atoms with Crippen LogP contribution in [0.25, 0.3) is 0 Å². The second kappa shape index (κ2) is 58.0. The average molecular weight is 932 g/mol. The Balaban J connectivity index is 3.40. The molecule has 0 saturated carbocycles. The maximum absolute atomic E-state index is 12.3. The number of carbonyl (C=O) groups is 2. The number of esters is 2. The van der Waals surface area contributed by atoms with Gasteiger partial charge in [-0.1, -0.05) is 309 Å². The van der Waals surface area contributed by atoms with E-state index in [1.165, 1.54) is 289 Å². The fourth-order valence-corrected chi connectivity index (χ4v) is 9.50. The SMILES string of the molecule is CCCCCCCCCC/C=C\CCCCCCCCCCCCCCCCCCCC(=O)OC(CO)COC(=O)CCCCCCCCCCCCCCCCCCCCCCCCC. The van der Waals surface area contributed by atoms with E-state index in [2.05, 4.69) is 26.0 Å². The number of allylic oxidation sites excluding steroid dienone is 2. The van der Waals surface area contributed by atoms with Crippen LogP contribution in [0.2, 0.25) is 0 Å². The molecule has 0 fully saturated rings. The molecule has 1 N–H and O–H groups in total. The average Bonchev–Trinajstić information content (AvgIpc) is 3.32. The van der Waals surface area contributed by atoms with Gasteiger partial charge in [0, 0.05) is 12.8 Å². The van der Waals surface area contributed by atoms with Gasteiger partial charge in [0.15, 0.2) is 6.10 Å².